The van der Waals surface area contributed by atoms with Crippen LogP contribution in [0.15, 0.2) is 23.1 Å². The van der Waals surface area contributed by atoms with Gasteiger partial charge in [-0.1, -0.05) is 29.8 Å². The van der Waals surface area contributed by atoms with E-state index in [9.17, 15) is 17.6 Å². The molecule has 0 N–H and O–H groups in total. The van der Waals surface area contributed by atoms with Gasteiger partial charge in [0.05, 0.1) is 10.6 Å². The predicted octanol–water partition coefficient (Wildman–Crippen LogP) is 2.72. The quantitative estimate of drug-likeness (QED) is 0.472. The summed E-state index contributed by atoms with van der Waals surface area (Å²) in [5.74, 6) is -0.784. The van der Waals surface area contributed by atoms with Crippen molar-refractivity contribution in [1.82, 2.24) is 0 Å². The SMILES string of the molecule is CC(C)(C=O)CS(=O)(=O)c1ccc(F)cc1CBr. The Bertz CT molecular complexity index is 552. The zero-order valence-corrected chi connectivity index (χ0v) is 12.5. The molecule has 0 fully saturated rings. The maximum atomic E-state index is 13.1. The van der Waals surface area contributed by atoms with Gasteiger partial charge in [-0.3, -0.25) is 0 Å². The number of halogens is 2. The van der Waals surface area contributed by atoms with E-state index in [1.54, 1.807) is 13.8 Å². The maximum Gasteiger partial charge on any atom is 0.179 e. The van der Waals surface area contributed by atoms with Crippen molar-refractivity contribution in [2.75, 3.05) is 5.75 Å². The van der Waals surface area contributed by atoms with Crippen molar-refractivity contribution < 1.29 is 17.6 Å². The van der Waals surface area contributed by atoms with Gasteiger partial charge in [0.2, 0.25) is 0 Å². The molecule has 3 nitrogen and oxygen atoms in total. The topological polar surface area (TPSA) is 51.2 Å². The van der Waals surface area contributed by atoms with Crippen LogP contribution in [0.4, 0.5) is 4.39 Å². The summed E-state index contributed by atoms with van der Waals surface area (Å²) in [5, 5.41) is 0.237. The molecule has 0 amide bonds. The Morgan fingerprint density at radius 1 is 1.39 bits per heavy atom. The maximum absolute atomic E-state index is 13.1. The van der Waals surface area contributed by atoms with E-state index in [4.69, 9.17) is 0 Å². The summed E-state index contributed by atoms with van der Waals surface area (Å²) in [5.41, 5.74) is -0.603. The van der Waals surface area contributed by atoms with Crippen LogP contribution in [0, 0.1) is 11.2 Å². The molecule has 0 saturated heterocycles. The Labute approximate surface area is 114 Å². The molecule has 6 heteroatoms. The first kappa shape index (κ1) is 15.3. The molecule has 1 rings (SSSR count). The second kappa shape index (κ2) is 5.48. The summed E-state index contributed by atoms with van der Waals surface area (Å²) in [7, 11) is -3.62. The van der Waals surface area contributed by atoms with Crippen molar-refractivity contribution in [3.63, 3.8) is 0 Å². The summed E-state index contributed by atoms with van der Waals surface area (Å²) in [6.45, 7) is 3.10. The van der Waals surface area contributed by atoms with Gasteiger partial charge in [0.1, 0.15) is 12.1 Å². The van der Waals surface area contributed by atoms with E-state index in [-0.39, 0.29) is 16.0 Å². The highest BCUT2D eigenvalue weighted by Gasteiger charge is 2.28. The fourth-order valence-electron chi connectivity index (χ4n) is 1.56. The van der Waals surface area contributed by atoms with Crippen LogP contribution < -0.4 is 0 Å². The van der Waals surface area contributed by atoms with E-state index >= 15 is 0 Å². The summed E-state index contributed by atoms with van der Waals surface area (Å²) >= 11 is 3.13. The lowest BCUT2D eigenvalue weighted by atomic mass is 10.00. The highest BCUT2D eigenvalue weighted by Crippen LogP contribution is 2.25. The second-order valence-corrected chi connectivity index (χ2v) is 7.27. The van der Waals surface area contributed by atoms with Crippen LogP contribution in [0.1, 0.15) is 19.4 Å². The van der Waals surface area contributed by atoms with Crippen molar-refractivity contribution in [2.24, 2.45) is 5.41 Å². The van der Waals surface area contributed by atoms with E-state index < -0.39 is 21.1 Å². The average molecular weight is 337 g/mol. The van der Waals surface area contributed by atoms with Crippen LogP contribution in [-0.4, -0.2) is 20.5 Å². The normalized spacial score (nSPS) is 12.4. The third kappa shape index (κ3) is 3.62. The number of aldehydes is 1. The number of carbonyl (C=O) groups is 1. The smallest absolute Gasteiger partial charge is 0.179 e. The van der Waals surface area contributed by atoms with E-state index in [1.165, 1.54) is 12.1 Å². The molecule has 0 aromatic heterocycles. The molecule has 0 aliphatic carbocycles. The summed E-state index contributed by atoms with van der Waals surface area (Å²) in [6.07, 6.45) is 0.613. The van der Waals surface area contributed by atoms with Crippen LogP contribution in [0.2, 0.25) is 0 Å². The third-order valence-corrected chi connectivity index (χ3v) is 5.18. The van der Waals surface area contributed by atoms with Crippen molar-refractivity contribution >= 4 is 32.1 Å². The Kier molecular flexibility index (Phi) is 4.66. The molecule has 0 unspecified atom stereocenters. The van der Waals surface area contributed by atoms with Gasteiger partial charge < -0.3 is 4.79 Å². The molecular weight excluding hydrogens is 323 g/mol. The predicted molar refractivity (Wildman–Crippen MR) is 70.9 cm³/mol. The van der Waals surface area contributed by atoms with Crippen LogP contribution in [0.3, 0.4) is 0 Å². The van der Waals surface area contributed by atoms with Crippen molar-refractivity contribution in [1.29, 1.82) is 0 Å². The first-order valence-corrected chi connectivity index (χ1v) is 8.03. The number of carbonyl (C=O) groups excluding carboxylic acids is 1. The van der Waals surface area contributed by atoms with Crippen LogP contribution in [0.25, 0.3) is 0 Å². The number of benzene rings is 1. The number of alkyl halides is 1. The Hall–Kier alpha value is -0.750. The van der Waals surface area contributed by atoms with Gasteiger partial charge >= 0.3 is 0 Å². The molecule has 0 aliphatic rings. The summed E-state index contributed by atoms with van der Waals surface area (Å²) in [4.78, 5) is 10.9. The third-order valence-electron chi connectivity index (χ3n) is 2.38. The van der Waals surface area contributed by atoms with Crippen molar-refractivity contribution in [3.8, 4) is 0 Å². The largest absolute Gasteiger partial charge is 0.303 e. The summed E-state index contributed by atoms with van der Waals surface area (Å²) < 4.78 is 37.4. The minimum atomic E-state index is -3.62. The van der Waals surface area contributed by atoms with Gasteiger partial charge in [-0.2, -0.15) is 0 Å². The molecule has 0 spiro atoms. The molecule has 0 bridgehead atoms. The zero-order valence-electron chi connectivity index (χ0n) is 10.1. The number of rotatable bonds is 5. The molecule has 0 radical (unpaired) electrons. The highest BCUT2D eigenvalue weighted by molar-refractivity contribution is 9.08. The number of hydrogen-bond acceptors (Lipinski definition) is 3. The first-order chi connectivity index (χ1) is 8.22. The number of hydrogen-bond donors (Lipinski definition) is 0. The van der Waals surface area contributed by atoms with Gasteiger partial charge in [-0.15, -0.1) is 0 Å². The fourth-order valence-corrected chi connectivity index (χ4v) is 4.22. The summed E-state index contributed by atoms with van der Waals surface area (Å²) in [6, 6.07) is 3.52. The lowest BCUT2D eigenvalue weighted by molar-refractivity contribution is -0.113. The molecule has 1 aromatic rings. The van der Waals surface area contributed by atoms with Crippen LogP contribution >= 0.6 is 15.9 Å². The molecule has 18 heavy (non-hydrogen) atoms. The average Bonchev–Trinajstić information content (AvgIpc) is 2.27. The van der Waals surface area contributed by atoms with E-state index in [0.29, 0.717) is 11.8 Å². The lowest BCUT2D eigenvalue weighted by Crippen LogP contribution is -2.26. The molecular formula is C12H14BrFO3S. The van der Waals surface area contributed by atoms with Crippen molar-refractivity contribution in [3.05, 3.63) is 29.6 Å². The highest BCUT2D eigenvalue weighted by atomic mass is 79.9. The van der Waals surface area contributed by atoms with Crippen LogP contribution in [-0.2, 0) is 20.0 Å². The standard InChI is InChI=1S/C12H14BrFO3S/c1-12(2,7-15)8-18(16,17)11-4-3-10(14)5-9(11)6-13/h3-5,7H,6,8H2,1-2H3. The molecule has 100 valence electrons. The lowest BCUT2D eigenvalue weighted by Gasteiger charge is -2.17. The first-order valence-electron chi connectivity index (χ1n) is 5.25. The van der Waals surface area contributed by atoms with Gasteiger partial charge in [-0.25, -0.2) is 12.8 Å². The minimum absolute atomic E-state index is 0.0655. The Balaban J connectivity index is 3.25. The van der Waals surface area contributed by atoms with E-state index in [1.807, 2.05) is 0 Å². The minimum Gasteiger partial charge on any atom is -0.303 e. The second-order valence-electron chi connectivity index (χ2n) is 4.75. The molecule has 0 atom stereocenters. The molecule has 1 aromatic carbocycles. The van der Waals surface area contributed by atoms with Gasteiger partial charge in [0.15, 0.2) is 9.84 Å². The van der Waals surface area contributed by atoms with Crippen LogP contribution in [0.5, 0.6) is 0 Å². The van der Waals surface area contributed by atoms with Crippen molar-refractivity contribution in [2.45, 2.75) is 24.1 Å². The Morgan fingerprint density at radius 3 is 2.50 bits per heavy atom. The molecule has 0 saturated carbocycles. The van der Waals surface area contributed by atoms with Gasteiger partial charge in [-0.05, 0) is 23.8 Å². The fraction of sp³-hybridized carbons (Fsp3) is 0.417. The zero-order chi connectivity index (χ0) is 14.0. The van der Waals surface area contributed by atoms with E-state index in [2.05, 4.69) is 15.9 Å². The van der Waals surface area contributed by atoms with Gasteiger partial charge in [0.25, 0.3) is 0 Å². The monoisotopic (exact) mass is 336 g/mol. The Morgan fingerprint density at radius 2 is 2.00 bits per heavy atom. The number of sulfone groups is 1. The molecule has 0 aliphatic heterocycles. The van der Waals surface area contributed by atoms with E-state index in [0.717, 1.165) is 6.07 Å². The molecule has 0 heterocycles. The van der Waals surface area contributed by atoms with Gasteiger partial charge in [0, 0.05) is 10.7 Å².